The Morgan fingerprint density at radius 1 is 1.69 bits per heavy atom. The fourth-order valence-corrected chi connectivity index (χ4v) is 1.63. The monoisotopic (exact) mass is 187 g/mol. The molecule has 76 valence electrons. The number of amides is 1. The zero-order valence-electron chi connectivity index (χ0n) is 8.25. The third kappa shape index (κ3) is 1.94. The number of aliphatic hydroxyl groups excluding tert-OH is 1. The minimum Gasteiger partial charge on any atom is -0.447 e. The van der Waals surface area contributed by atoms with Crippen LogP contribution < -0.4 is 0 Å². The maximum atomic E-state index is 11.3. The third-order valence-corrected chi connectivity index (χ3v) is 2.48. The molecule has 1 unspecified atom stereocenters. The average Bonchev–Trinajstić information content (AvgIpc) is 2.34. The summed E-state index contributed by atoms with van der Waals surface area (Å²) in [6.45, 7) is 5.16. The zero-order chi connectivity index (χ0) is 9.90. The first kappa shape index (κ1) is 10.3. The van der Waals surface area contributed by atoms with Crippen LogP contribution in [0.2, 0.25) is 0 Å². The van der Waals surface area contributed by atoms with Crippen LogP contribution in [0.25, 0.3) is 0 Å². The molecule has 1 rings (SSSR count). The molecule has 0 aliphatic carbocycles. The van der Waals surface area contributed by atoms with Gasteiger partial charge < -0.3 is 9.84 Å². The van der Waals surface area contributed by atoms with Gasteiger partial charge in [0.2, 0.25) is 0 Å². The molecule has 13 heavy (non-hydrogen) atoms. The highest BCUT2D eigenvalue weighted by Gasteiger charge is 2.42. The molecule has 1 N–H and O–H groups in total. The van der Waals surface area contributed by atoms with Crippen LogP contribution in [0.1, 0.15) is 26.7 Å². The molecule has 1 aliphatic heterocycles. The summed E-state index contributed by atoms with van der Waals surface area (Å²) >= 11 is 0. The maximum Gasteiger partial charge on any atom is 0.410 e. The predicted molar refractivity (Wildman–Crippen MR) is 48.5 cm³/mol. The summed E-state index contributed by atoms with van der Waals surface area (Å²) < 4.78 is 4.96. The number of rotatable bonds is 4. The molecule has 1 fully saturated rings. The fourth-order valence-electron chi connectivity index (χ4n) is 1.63. The van der Waals surface area contributed by atoms with E-state index in [1.807, 2.05) is 13.8 Å². The summed E-state index contributed by atoms with van der Waals surface area (Å²) in [6.07, 6.45) is 1.24. The molecule has 4 nitrogen and oxygen atoms in total. The Morgan fingerprint density at radius 3 is 2.92 bits per heavy atom. The van der Waals surface area contributed by atoms with Crippen molar-refractivity contribution < 1.29 is 14.6 Å². The van der Waals surface area contributed by atoms with Gasteiger partial charge in [0, 0.05) is 13.2 Å². The standard InChI is InChI=1S/C9H17NO3/c1-3-5-10-8(12)13-7-9(10,2)4-6-11/h11H,3-7H2,1-2H3. The number of carbonyl (C=O) groups is 1. The van der Waals surface area contributed by atoms with Crippen molar-refractivity contribution in [1.29, 1.82) is 0 Å². The van der Waals surface area contributed by atoms with Crippen molar-refractivity contribution in [2.24, 2.45) is 0 Å². The average molecular weight is 187 g/mol. The number of hydrogen-bond donors (Lipinski definition) is 1. The SMILES string of the molecule is CCCN1C(=O)OCC1(C)CCO. The number of aliphatic hydroxyl groups is 1. The van der Waals surface area contributed by atoms with Crippen molar-refractivity contribution in [1.82, 2.24) is 4.90 Å². The predicted octanol–water partition coefficient (Wildman–Crippen LogP) is 0.990. The first-order chi connectivity index (χ1) is 6.14. The Kier molecular flexibility index (Phi) is 3.14. The van der Waals surface area contributed by atoms with Gasteiger partial charge in [-0.1, -0.05) is 6.92 Å². The highest BCUT2D eigenvalue weighted by atomic mass is 16.6. The van der Waals surface area contributed by atoms with Crippen molar-refractivity contribution in [2.75, 3.05) is 19.8 Å². The molecule has 0 aromatic carbocycles. The molecule has 1 heterocycles. The Morgan fingerprint density at radius 2 is 2.38 bits per heavy atom. The van der Waals surface area contributed by atoms with E-state index in [-0.39, 0.29) is 18.2 Å². The van der Waals surface area contributed by atoms with Crippen LogP contribution >= 0.6 is 0 Å². The molecular weight excluding hydrogens is 170 g/mol. The van der Waals surface area contributed by atoms with Gasteiger partial charge in [-0.2, -0.15) is 0 Å². The molecule has 4 heteroatoms. The highest BCUT2D eigenvalue weighted by molar-refractivity contribution is 5.71. The molecule has 1 amide bonds. The summed E-state index contributed by atoms with van der Waals surface area (Å²) in [5, 5.41) is 8.87. The molecule has 0 radical (unpaired) electrons. The Balaban J connectivity index is 2.67. The lowest BCUT2D eigenvalue weighted by Crippen LogP contribution is -2.45. The lowest BCUT2D eigenvalue weighted by molar-refractivity contribution is 0.136. The van der Waals surface area contributed by atoms with Gasteiger partial charge in [0.15, 0.2) is 0 Å². The quantitative estimate of drug-likeness (QED) is 0.714. The summed E-state index contributed by atoms with van der Waals surface area (Å²) in [5.41, 5.74) is -0.304. The van der Waals surface area contributed by atoms with Crippen LogP contribution in [0.3, 0.4) is 0 Å². The van der Waals surface area contributed by atoms with E-state index in [0.717, 1.165) is 6.42 Å². The molecule has 0 aromatic heterocycles. The number of ether oxygens (including phenoxy) is 1. The van der Waals surface area contributed by atoms with Gasteiger partial charge in [-0.05, 0) is 19.8 Å². The van der Waals surface area contributed by atoms with Crippen molar-refractivity contribution in [3.8, 4) is 0 Å². The molecule has 0 bridgehead atoms. The molecule has 0 saturated carbocycles. The van der Waals surface area contributed by atoms with E-state index in [9.17, 15) is 4.79 Å². The first-order valence-electron chi connectivity index (χ1n) is 4.69. The number of hydrogen-bond acceptors (Lipinski definition) is 3. The number of nitrogens with zero attached hydrogens (tertiary/aromatic N) is 1. The second-order valence-electron chi connectivity index (χ2n) is 3.68. The van der Waals surface area contributed by atoms with Gasteiger partial charge in [0.05, 0.1) is 5.54 Å². The second-order valence-corrected chi connectivity index (χ2v) is 3.68. The first-order valence-corrected chi connectivity index (χ1v) is 4.69. The molecule has 0 aromatic rings. The van der Waals surface area contributed by atoms with Gasteiger partial charge in [-0.25, -0.2) is 4.79 Å². The van der Waals surface area contributed by atoms with Gasteiger partial charge in [0.1, 0.15) is 6.61 Å². The topological polar surface area (TPSA) is 49.8 Å². The van der Waals surface area contributed by atoms with Gasteiger partial charge in [-0.15, -0.1) is 0 Å². The van der Waals surface area contributed by atoms with Crippen LogP contribution in [-0.2, 0) is 4.74 Å². The largest absolute Gasteiger partial charge is 0.447 e. The maximum absolute atomic E-state index is 11.3. The smallest absolute Gasteiger partial charge is 0.410 e. The van der Waals surface area contributed by atoms with Gasteiger partial charge in [-0.3, -0.25) is 4.90 Å². The van der Waals surface area contributed by atoms with E-state index in [1.165, 1.54) is 0 Å². The van der Waals surface area contributed by atoms with Crippen molar-refractivity contribution in [3.63, 3.8) is 0 Å². The van der Waals surface area contributed by atoms with Crippen molar-refractivity contribution >= 4 is 6.09 Å². The third-order valence-electron chi connectivity index (χ3n) is 2.48. The summed E-state index contributed by atoms with van der Waals surface area (Å²) in [5.74, 6) is 0. The Labute approximate surface area is 78.5 Å². The molecule has 1 aliphatic rings. The molecule has 1 saturated heterocycles. The van der Waals surface area contributed by atoms with Gasteiger partial charge in [0.25, 0.3) is 0 Å². The van der Waals surface area contributed by atoms with Crippen LogP contribution in [0.5, 0.6) is 0 Å². The van der Waals surface area contributed by atoms with Crippen LogP contribution in [0.15, 0.2) is 0 Å². The minimum atomic E-state index is -0.304. The van der Waals surface area contributed by atoms with Crippen LogP contribution in [-0.4, -0.2) is 41.4 Å². The van der Waals surface area contributed by atoms with Crippen LogP contribution in [0, 0.1) is 0 Å². The summed E-state index contributed by atoms with van der Waals surface area (Å²) in [7, 11) is 0. The van der Waals surface area contributed by atoms with E-state index in [1.54, 1.807) is 4.90 Å². The normalized spacial score (nSPS) is 27.9. The molecule has 0 spiro atoms. The summed E-state index contributed by atoms with van der Waals surface area (Å²) in [6, 6.07) is 0. The lowest BCUT2D eigenvalue weighted by Gasteiger charge is -2.30. The lowest BCUT2D eigenvalue weighted by atomic mass is 9.98. The van der Waals surface area contributed by atoms with Crippen molar-refractivity contribution in [3.05, 3.63) is 0 Å². The highest BCUT2D eigenvalue weighted by Crippen LogP contribution is 2.27. The van der Waals surface area contributed by atoms with Crippen LogP contribution in [0.4, 0.5) is 4.79 Å². The molecular formula is C9H17NO3. The Hall–Kier alpha value is -0.770. The number of carbonyl (C=O) groups excluding carboxylic acids is 1. The fraction of sp³-hybridized carbons (Fsp3) is 0.889. The van der Waals surface area contributed by atoms with E-state index in [4.69, 9.17) is 9.84 Å². The van der Waals surface area contributed by atoms with Crippen molar-refractivity contribution in [2.45, 2.75) is 32.2 Å². The Bertz CT molecular complexity index is 195. The molecule has 1 atom stereocenters. The van der Waals surface area contributed by atoms with E-state index in [2.05, 4.69) is 0 Å². The summed E-state index contributed by atoms with van der Waals surface area (Å²) in [4.78, 5) is 13.0. The van der Waals surface area contributed by atoms with E-state index < -0.39 is 0 Å². The van der Waals surface area contributed by atoms with E-state index in [0.29, 0.717) is 19.6 Å². The zero-order valence-corrected chi connectivity index (χ0v) is 8.25. The minimum absolute atomic E-state index is 0.0906. The second kappa shape index (κ2) is 3.96. The number of cyclic esters (lactones) is 1. The van der Waals surface area contributed by atoms with Gasteiger partial charge >= 0.3 is 6.09 Å². The van der Waals surface area contributed by atoms with E-state index >= 15 is 0 Å².